The number of halogens is 1. The number of aromatic nitrogens is 4. The van der Waals surface area contributed by atoms with Crippen LogP contribution < -0.4 is 5.56 Å². The van der Waals surface area contributed by atoms with Crippen molar-refractivity contribution in [3.63, 3.8) is 0 Å². The summed E-state index contributed by atoms with van der Waals surface area (Å²) < 4.78 is 3.35. The zero-order valence-electron chi connectivity index (χ0n) is 13.6. The molecule has 0 aliphatic rings. The highest BCUT2D eigenvalue weighted by molar-refractivity contribution is 6.31. The second-order valence-electron chi connectivity index (χ2n) is 5.80. The first-order chi connectivity index (χ1) is 12.1. The molecule has 4 aromatic rings. The van der Waals surface area contributed by atoms with Gasteiger partial charge in [-0.05, 0) is 11.6 Å². The summed E-state index contributed by atoms with van der Waals surface area (Å²) in [5.41, 5.74) is 2.59. The quantitative estimate of drug-likeness (QED) is 0.568. The van der Waals surface area contributed by atoms with Crippen LogP contribution >= 0.6 is 11.6 Å². The van der Waals surface area contributed by atoms with Crippen LogP contribution in [0.3, 0.4) is 0 Å². The van der Waals surface area contributed by atoms with Crippen molar-refractivity contribution in [2.45, 2.75) is 6.54 Å². The predicted octanol–water partition coefficient (Wildman–Crippen LogP) is 3.50. The number of benzene rings is 2. The molecule has 0 saturated carbocycles. The Morgan fingerprint density at radius 2 is 1.76 bits per heavy atom. The molecule has 4 rings (SSSR count). The lowest BCUT2D eigenvalue weighted by molar-refractivity contribution is 0.798. The van der Waals surface area contributed by atoms with Crippen LogP contribution in [0.2, 0.25) is 5.02 Å². The summed E-state index contributed by atoms with van der Waals surface area (Å²) in [7, 11) is 1.73. The van der Waals surface area contributed by atoms with Crippen LogP contribution in [0.1, 0.15) is 5.56 Å². The maximum Gasteiger partial charge on any atom is 0.279 e. The van der Waals surface area contributed by atoms with Crippen molar-refractivity contribution in [2.24, 2.45) is 7.05 Å². The number of hydrogen-bond acceptors (Lipinski definition) is 3. The third-order valence-corrected chi connectivity index (χ3v) is 4.55. The van der Waals surface area contributed by atoms with Crippen molar-refractivity contribution in [1.29, 1.82) is 0 Å². The van der Waals surface area contributed by atoms with E-state index < -0.39 is 0 Å². The van der Waals surface area contributed by atoms with Gasteiger partial charge in [0, 0.05) is 17.6 Å². The fourth-order valence-corrected chi connectivity index (χ4v) is 3.07. The van der Waals surface area contributed by atoms with Gasteiger partial charge in [-0.3, -0.25) is 9.36 Å². The van der Waals surface area contributed by atoms with E-state index in [1.807, 2.05) is 54.6 Å². The minimum atomic E-state index is -0.131. The molecule has 0 aliphatic carbocycles. The van der Waals surface area contributed by atoms with Crippen LogP contribution in [0, 0.1) is 0 Å². The molecule has 6 heteroatoms. The molecule has 0 bridgehead atoms. The second-order valence-corrected chi connectivity index (χ2v) is 6.21. The molecule has 25 heavy (non-hydrogen) atoms. The van der Waals surface area contributed by atoms with Gasteiger partial charge in [0.25, 0.3) is 5.56 Å². The van der Waals surface area contributed by atoms with Crippen molar-refractivity contribution < 1.29 is 0 Å². The minimum Gasteiger partial charge on any atom is -0.320 e. The second kappa shape index (κ2) is 6.18. The summed E-state index contributed by atoms with van der Waals surface area (Å²) >= 11 is 6.24. The number of fused-ring (bicyclic) bond motifs is 1. The number of imidazole rings is 1. The van der Waals surface area contributed by atoms with Crippen molar-refractivity contribution in [3.8, 4) is 11.4 Å². The maximum atomic E-state index is 12.9. The number of nitrogens with zero attached hydrogens (tertiary/aromatic N) is 4. The fraction of sp³-hybridized carbons (Fsp3) is 0.105. The summed E-state index contributed by atoms with van der Waals surface area (Å²) in [6, 6.07) is 17.2. The summed E-state index contributed by atoms with van der Waals surface area (Å²) in [5.74, 6) is 0.598. The van der Waals surface area contributed by atoms with E-state index in [-0.39, 0.29) is 5.56 Å². The molecule has 5 nitrogen and oxygen atoms in total. The Balaban J connectivity index is 1.86. The molecule has 0 spiro atoms. The van der Waals surface area contributed by atoms with Crippen molar-refractivity contribution in [1.82, 2.24) is 19.1 Å². The highest BCUT2D eigenvalue weighted by Crippen LogP contribution is 2.20. The molecule has 0 radical (unpaired) electrons. The van der Waals surface area contributed by atoms with E-state index in [4.69, 9.17) is 11.6 Å². The molecule has 0 atom stereocenters. The van der Waals surface area contributed by atoms with Gasteiger partial charge in [-0.25, -0.2) is 9.97 Å². The Morgan fingerprint density at radius 3 is 2.52 bits per heavy atom. The Kier molecular flexibility index (Phi) is 3.86. The minimum absolute atomic E-state index is 0.131. The molecular weight excluding hydrogens is 336 g/mol. The molecule has 0 aliphatic heterocycles. The van der Waals surface area contributed by atoms with E-state index in [9.17, 15) is 4.79 Å². The van der Waals surface area contributed by atoms with Crippen LogP contribution in [-0.4, -0.2) is 19.1 Å². The molecule has 2 heterocycles. The van der Waals surface area contributed by atoms with E-state index in [0.717, 1.165) is 11.1 Å². The third-order valence-electron chi connectivity index (χ3n) is 4.19. The van der Waals surface area contributed by atoms with Crippen LogP contribution in [0.4, 0.5) is 0 Å². The van der Waals surface area contributed by atoms with E-state index in [1.54, 1.807) is 22.5 Å². The van der Waals surface area contributed by atoms with Crippen molar-refractivity contribution in [3.05, 3.63) is 81.9 Å². The summed E-state index contributed by atoms with van der Waals surface area (Å²) in [6.45, 7) is 0.470. The van der Waals surface area contributed by atoms with Crippen LogP contribution in [-0.2, 0) is 13.6 Å². The standard InChI is InChI=1S/C19H15ClN4O/c1-23-18(13-7-3-2-4-8-13)22-17-16(19(23)25)24(12-21-17)11-14-9-5-6-10-15(14)20/h2-10,12H,11H2,1H3. The molecule has 0 fully saturated rings. The molecule has 0 saturated heterocycles. The van der Waals surface area contributed by atoms with Gasteiger partial charge >= 0.3 is 0 Å². The summed E-state index contributed by atoms with van der Waals surface area (Å²) in [5, 5.41) is 0.662. The fourth-order valence-electron chi connectivity index (χ4n) is 2.88. The number of hydrogen-bond donors (Lipinski definition) is 0. The lowest BCUT2D eigenvalue weighted by atomic mass is 10.2. The molecule has 2 aromatic carbocycles. The Bertz CT molecular complexity index is 1120. The normalized spacial score (nSPS) is 11.1. The topological polar surface area (TPSA) is 52.7 Å². The van der Waals surface area contributed by atoms with Gasteiger partial charge in [-0.15, -0.1) is 0 Å². The van der Waals surface area contributed by atoms with E-state index >= 15 is 0 Å². The van der Waals surface area contributed by atoms with Gasteiger partial charge in [0.15, 0.2) is 11.2 Å². The molecule has 0 unspecified atom stereocenters. The van der Waals surface area contributed by atoms with Gasteiger partial charge in [0.2, 0.25) is 0 Å². The molecule has 0 amide bonds. The molecular formula is C19H15ClN4O. The Labute approximate surface area is 149 Å². The van der Waals surface area contributed by atoms with E-state index in [2.05, 4.69) is 9.97 Å². The first-order valence-electron chi connectivity index (χ1n) is 7.86. The molecule has 2 aromatic heterocycles. The lowest BCUT2D eigenvalue weighted by Gasteiger charge is -2.09. The maximum absolute atomic E-state index is 12.9. The monoisotopic (exact) mass is 350 g/mol. The van der Waals surface area contributed by atoms with Crippen LogP contribution in [0.15, 0.2) is 65.7 Å². The van der Waals surface area contributed by atoms with E-state index in [0.29, 0.717) is 28.6 Å². The zero-order chi connectivity index (χ0) is 17.4. The highest BCUT2D eigenvalue weighted by atomic mass is 35.5. The third kappa shape index (κ3) is 2.72. The van der Waals surface area contributed by atoms with Gasteiger partial charge in [-0.2, -0.15) is 0 Å². The molecule has 0 N–H and O–H groups in total. The lowest BCUT2D eigenvalue weighted by Crippen LogP contribution is -2.22. The van der Waals surface area contributed by atoms with E-state index in [1.165, 1.54) is 0 Å². The summed E-state index contributed by atoms with van der Waals surface area (Å²) in [6.07, 6.45) is 1.64. The average molecular weight is 351 g/mol. The molecule has 124 valence electrons. The summed E-state index contributed by atoms with van der Waals surface area (Å²) in [4.78, 5) is 21.8. The SMILES string of the molecule is Cn1c(-c2ccccc2)nc2ncn(Cc3ccccc3Cl)c2c1=O. The van der Waals surface area contributed by atoms with Gasteiger partial charge in [0.1, 0.15) is 5.82 Å². The average Bonchev–Trinajstić information content (AvgIpc) is 3.04. The predicted molar refractivity (Wildman–Crippen MR) is 98.8 cm³/mol. The smallest absolute Gasteiger partial charge is 0.279 e. The largest absolute Gasteiger partial charge is 0.320 e. The van der Waals surface area contributed by atoms with Gasteiger partial charge in [0.05, 0.1) is 12.9 Å². The first kappa shape index (κ1) is 15.6. The van der Waals surface area contributed by atoms with Gasteiger partial charge in [-0.1, -0.05) is 60.1 Å². The van der Waals surface area contributed by atoms with Crippen molar-refractivity contribution >= 4 is 22.8 Å². The first-order valence-corrected chi connectivity index (χ1v) is 8.23. The Morgan fingerprint density at radius 1 is 1.04 bits per heavy atom. The zero-order valence-corrected chi connectivity index (χ0v) is 14.3. The van der Waals surface area contributed by atoms with Gasteiger partial charge < -0.3 is 4.57 Å². The number of rotatable bonds is 3. The van der Waals surface area contributed by atoms with Crippen molar-refractivity contribution in [2.75, 3.05) is 0 Å². The Hall–Kier alpha value is -2.92. The van der Waals surface area contributed by atoms with Crippen LogP contribution in [0.5, 0.6) is 0 Å². The highest BCUT2D eigenvalue weighted by Gasteiger charge is 2.15. The van der Waals surface area contributed by atoms with Crippen LogP contribution in [0.25, 0.3) is 22.6 Å².